The fourth-order valence-electron chi connectivity index (χ4n) is 4.20. The zero-order valence-electron chi connectivity index (χ0n) is 19.5. The lowest BCUT2D eigenvalue weighted by Gasteiger charge is -2.36. The fraction of sp³-hybridized carbons (Fsp3) is 0.478. The molecule has 1 N–H and O–H groups in total. The molecule has 1 aliphatic heterocycles. The molecule has 1 atom stereocenters. The van der Waals surface area contributed by atoms with E-state index in [0.717, 1.165) is 16.7 Å². The van der Waals surface area contributed by atoms with Gasteiger partial charge >= 0.3 is 0 Å². The molecule has 0 aliphatic carbocycles. The molecule has 0 spiro atoms. The van der Waals surface area contributed by atoms with Gasteiger partial charge in [0, 0.05) is 26.2 Å². The molecular weight excluding hydrogens is 462 g/mol. The van der Waals surface area contributed by atoms with E-state index in [1.807, 2.05) is 39.2 Å². The summed E-state index contributed by atoms with van der Waals surface area (Å²) in [6, 6.07) is 6.21. The second kappa shape index (κ2) is 10.8. The van der Waals surface area contributed by atoms with Crippen molar-refractivity contribution in [2.45, 2.75) is 38.1 Å². The maximum Gasteiger partial charge on any atom is 0.287 e. The van der Waals surface area contributed by atoms with Gasteiger partial charge in [-0.15, -0.1) is 0 Å². The van der Waals surface area contributed by atoms with Gasteiger partial charge in [-0.1, -0.05) is 17.7 Å². The van der Waals surface area contributed by atoms with Crippen LogP contribution in [0.1, 0.15) is 33.7 Å². The molecular formula is C23H31N3O5S2. The van der Waals surface area contributed by atoms with E-state index in [1.165, 1.54) is 10.6 Å². The van der Waals surface area contributed by atoms with Crippen LogP contribution in [0.15, 0.2) is 39.8 Å². The van der Waals surface area contributed by atoms with Gasteiger partial charge in [-0.25, -0.2) is 8.42 Å². The van der Waals surface area contributed by atoms with Gasteiger partial charge in [0.15, 0.2) is 5.76 Å². The number of carbonyl (C=O) groups is 2. The second-order valence-corrected chi connectivity index (χ2v) is 11.1. The normalized spacial score (nSPS) is 15.9. The number of rotatable bonds is 8. The van der Waals surface area contributed by atoms with Crippen LogP contribution < -0.4 is 5.32 Å². The number of hydrogen-bond donors (Lipinski definition) is 1. The predicted molar refractivity (Wildman–Crippen MR) is 129 cm³/mol. The van der Waals surface area contributed by atoms with E-state index in [4.69, 9.17) is 4.42 Å². The Balaban J connectivity index is 1.69. The van der Waals surface area contributed by atoms with Crippen molar-refractivity contribution in [3.05, 3.63) is 53.0 Å². The standard InChI is InChI=1S/C23H31N3O5S2/c1-16-14-17(2)21(18(3)15-16)33(29,30)26-10-8-25(9-11-26)23(28)19(7-13-32-4)24-22(27)20-6-5-12-31-20/h5-6,12,14-15,19H,7-11,13H2,1-4H3,(H,24,27). The van der Waals surface area contributed by atoms with Crippen LogP contribution in [0.4, 0.5) is 0 Å². The van der Waals surface area contributed by atoms with E-state index in [0.29, 0.717) is 17.1 Å². The van der Waals surface area contributed by atoms with E-state index in [-0.39, 0.29) is 37.8 Å². The first-order chi connectivity index (χ1) is 15.6. The molecule has 33 heavy (non-hydrogen) atoms. The first kappa shape index (κ1) is 25.3. The van der Waals surface area contributed by atoms with E-state index in [9.17, 15) is 18.0 Å². The molecule has 1 saturated heterocycles. The number of piperazine rings is 1. The van der Waals surface area contributed by atoms with Crippen LogP contribution >= 0.6 is 11.8 Å². The Morgan fingerprint density at radius 2 is 1.76 bits per heavy atom. The molecule has 1 aromatic heterocycles. The molecule has 1 unspecified atom stereocenters. The van der Waals surface area contributed by atoms with Crippen molar-refractivity contribution in [2.75, 3.05) is 38.2 Å². The number of nitrogens with one attached hydrogen (secondary N) is 1. The summed E-state index contributed by atoms with van der Waals surface area (Å²) >= 11 is 1.59. The number of sulfonamides is 1. The van der Waals surface area contributed by atoms with Gasteiger partial charge in [-0.2, -0.15) is 16.1 Å². The minimum Gasteiger partial charge on any atom is -0.459 e. The molecule has 3 rings (SSSR count). The molecule has 10 heteroatoms. The summed E-state index contributed by atoms with van der Waals surface area (Å²) in [7, 11) is -3.66. The van der Waals surface area contributed by atoms with E-state index >= 15 is 0 Å². The summed E-state index contributed by atoms with van der Waals surface area (Å²) in [5, 5.41) is 2.77. The minimum absolute atomic E-state index is 0.150. The smallest absolute Gasteiger partial charge is 0.287 e. The summed E-state index contributed by atoms with van der Waals surface area (Å²) in [6.07, 6.45) is 3.83. The van der Waals surface area contributed by atoms with Crippen LogP contribution in [-0.4, -0.2) is 73.7 Å². The molecule has 1 aliphatic rings. The Kier molecular flexibility index (Phi) is 8.25. The molecule has 2 heterocycles. The highest BCUT2D eigenvalue weighted by Crippen LogP contribution is 2.26. The molecule has 0 radical (unpaired) electrons. The Bertz CT molecular complexity index is 1070. The summed E-state index contributed by atoms with van der Waals surface area (Å²) in [4.78, 5) is 27.6. The molecule has 1 aromatic carbocycles. The predicted octanol–water partition coefficient (Wildman–Crippen LogP) is 2.59. The average Bonchev–Trinajstić information content (AvgIpc) is 3.30. The number of aryl methyl sites for hydroxylation is 3. The van der Waals surface area contributed by atoms with Crippen molar-refractivity contribution in [1.29, 1.82) is 0 Å². The highest BCUT2D eigenvalue weighted by atomic mass is 32.2. The fourth-order valence-corrected chi connectivity index (χ4v) is 6.51. The lowest BCUT2D eigenvalue weighted by atomic mass is 10.1. The first-order valence-corrected chi connectivity index (χ1v) is 13.7. The average molecular weight is 494 g/mol. The van der Waals surface area contributed by atoms with E-state index in [1.54, 1.807) is 28.8 Å². The van der Waals surface area contributed by atoms with E-state index < -0.39 is 22.0 Å². The summed E-state index contributed by atoms with van der Waals surface area (Å²) < 4.78 is 33.2. The lowest BCUT2D eigenvalue weighted by Crippen LogP contribution is -2.56. The quantitative estimate of drug-likeness (QED) is 0.607. The third-order valence-corrected chi connectivity index (χ3v) is 8.56. The largest absolute Gasteiger partial charge is 0.459 e. The van der Waals surface area contributed by atoms with Gasteiger partial charge in [0.2, 0.25) is 15.9 Å². The molecule has 0 bridgehead atoms. The van der Waals surface area contributed by atoms with Crippen LogP contribution in [0.25, 0.3) is 0 Å². The SMILES string of the molecule is CSCCC(NC(=O)c1ccco1)C(=O)N1CCN(S(=O)(=O)c2c(C)cc(C)cc2C)CC1. The number of furan rings is 1. The monoisotopic (exact) mass is 493 g/mol. The van der Waals surface area contributed by atoms with Gasteiger partial charge in [0.25, 0.3) is 5.91 Å². The van der Waals surface area contributed by atoms with Gasteiger partial charge in [0.1, 0.15) is 6.04 Å². The molecule has 8 nitrogen and oxygen atoms in total. The van der Waals surface area contributed by atoms with Crippen LogP contribution in [0.3, 0.4) is 0 Å². The number of benzene rings is 1. The Morgan fingerprint density at radius 1 is 1.12 bits per heavy atom. The van der Waals surface area contributed by atoms with Crippen LogP contribution in [0, 0.1) is 20.8 Å². The Labute approximate surface area is 199 Å². The topological polar surface area (TPSA) is 99.9 Å². The Morgan fingerprint density at radius 3 is 2.30 bits per heavy atom. The number of amides is 2. The van der Waals surface area contributed by atoms with Crippen LogP contribution in [0.5, 0.6) is 0 Å². The van der Waals surface area contributed by atoms with Crippen molar-refractivity contribution in [1.82, 2.24) is 14.5 Å². The molecule has 2 aromatic rings. The zero-order valence-corrected chi connectivity index (χ0v) is 21.1. The van der Waals surface area contributed by atoms with Crippen molar-refractivity contribution in [3.8, 4) is 0 Å². The first-order valence-electron chi connectivity index (χ1n) is 10.8. The van der Waals surface area contributed by atoms with Gasteiger partial charge < -0.3 is 14.6 Å². The van der Waals surface area contributed by atoms with Crippen LogP contribution in [0.2, 0.25) is 0 Å². The number of nitrogens with zero attached hydrogens (tertiary/aromatic N) is 2. The number of hydrogen-bond acceptors (Lipinski definition) is 6. The van der Waals surface area contributed by atoms with Crippen molar-refractivity contribution in [2.24, 2.45) is 0 Å². The van der Waals surface area contributed by atoms with Gasteiger partial charge in [-0.3, -0.25) is 9.59 Å². The number of thioether (sulfide) groups is 1. The maximum absolute atomic E-state index is 13.3. The summed E-state index contributed by atoms with van der Waals surface area (Å²) in [6.45, 7) is 6.53. The molecule has 2 amide bonds. The number of carbonyl (C=O) groups excluding carboxylic acids is 2. The third-order valence-electron chi connectivity index (χ3n) is 5.71. The van der Waals surface area contributed by atoms with Crippen molar-refractivity contribution >= 4 is 33.6 Å². The molecule has 0 saturated carbocycles. The van der Waals surface area contributed by atoms with Gasteiger partial charge in [0.05, 0.1) is 11.2 Å². The maximum atomic E-state index is 13.3. The van der Waals surface area contributed by atoms with E-state index in [2.05, 4.69) is 5.32 Å². The van der Waals surface area contributed by atoms with Crippen LogP contribution in [-0.2, 0) is 14.8 Å². The van der Waals surface area contributed by atoms with Gasteiger partial charge in [-0.05, 0) is 62.5 Å². The van der Waals surface area contributed by atoms with Crippen molar-refractivity contribution in [3.63, 3.8) is 0 Å². The Hall–Kier alpha value is -2.30. The highest BCUT2D eigenvalue weighted by Gasteiger charge is 2.34. The molecule has 180 valence electrons. The van der Waals surface area contributed by atoms with Crippen molar-refractivity contribution < 1.29 is 22.4 Å². The lowest BCUT2D eigenvalue weighted by molar-refractivity contribution is -0.134. The minimum atomic E-state index is -3.66. The third kappa shape index (κ3) is 5.80. The zero-order chi connectivity index (χ0) is 24.2. The second-order valence-electron chi connectivity index (χ2n) is 8.24. The summed E-state index contributed by atoms with van der Waals surface area (Å²) in [5.41, 5.74) is 2.47. The summed E-state index contributed by atoms with van der Waals surface area (Å²) in [5.74, 6) is 0.209. The highest BCUT2D eigenvalue weighted by molar-refractivity contribution is 7.98. The molecule has 1 fully saturated rings.